The molecule has 1 aromatic heterocycles. The predicted octanol–water partition coefficient (Wildman–Crippen LogP) is 2.93. The molecule has 0 N–H and O–H groups in total. The SMILES string of the molecule is COc1cc(OC2CC2)cnc1C(C)(C)C. The Bertz CT molecular complexity index is 378. The van der Waals surface area contributed by atoms with Crippen molar-refractivity contribution >= 4 is 0 Å². The summed E-state index contributed by atoms with van der Waals surface area (Å²) in [6.45, 7) is 6.37. The van der Waals surface area contributed by atoms with E-state index in [9.17, 15) is 0 Å². The summed E-state index contributed by atoms with van der Waals surface area (Å²) in [5, 5.41) is 0. The van der Waals surface area contributed by atoms with Crippen molar-refractivity contribution in [1.82, 2.24) is 4.98 Å². The number of nitrogens with zero attached hydrogens (tertiary/aromatic N) is 1. The zero-order valence-corrected chi connectivity index (χ0v) is 10.4. The fourth-order valence-electron chi connectivity index (χ4n) is 1.59. The van der Waals surface area contributed by atoms with Crippen LogP contribution in [0.4, 0.5) is 0 Å². The Labute approximate surface area is 96.8 Å². The minimum Gasteiger partial charge on any atom is -0.495 e. The maximum atomic E-state index is 5.69. The normalized spacial score (nSPS) is 16.0. The monoisotopic (exact) mass is 221 g/mol. The first-order chi connectivity index (χ1) is 7.50. The van der Waals surface area contributed by atoms with E-state index in [2.05, 4.69) is 25.8 Å². The third-order valence-electron chi connectivity index (χ3n) is 2.59. The fourth-order valence-corrected chi connectivity index (χ4v) is 1.59. The van der Waals surface area contributed by atoms with Crippen LogP contribution in [0.15, 0.2) is 12.3 Å². The molecule has 0 saturated heterocycles. The van der Waals surface area contributed by atoms with Crippen LogP contribution in [0.3, 0.4) is 0 Å². The smallest absolute Gasteiger partial charge is 0.144 e. The maximum absolute atomic E-state index is 5.69. The number of ether oxygens (including phenoxy) is 2. The van der Waals surface area contributed by atoms with Crippen LogP contribution in [0.1, 0.15) is 39.3 Å². The Balaban J connectivity index is 2.26. The molecular formula is C13H19NO2. The van der Waals surface area contributed by atoms with Crippen LogP contribution in [0, 0.1) is 0 Å². The number of methoxy groups -OCH3 is 1. The van der Waals surface area contributed by atoms with Gasteiger partial charge in [0.15, 0.2) is 0 Å². The van der Waals surface area contributed by atoms with Gasteiger partial charge in [-0.3, -0.25) is 4.98 Å². The molecule has 1 aromatic rings. The average molecular weight is 221 g/mol. The Morgan fingerprint density at radius 3 is 2.50 bits per heavy atom. The van der Waals surface area contributed by atoms with Crippen LogP contribution < -0.4 is 9.47 Å². The highest BCUT2D eigenvalue weighted by atomic mass is 16.5. The first-order valence-electron chi connectivity index (χ1n) is 5.72. The van der Waals surface area contributed by atoms with Crippen LogP contribution in [0.25, 0.3) is 0 Å². The highest BCUT2D eigenvalue weighted by Gasteiger charge is 2.25. The summed E-state index contributed by atoms with van der Waals surface area (Å²) in [5.74, 6) is 1.62. The molecule has 88 valence electrons. The molecule has 1 saturated carbocycles. The maximum Gasteiger partial charge on any atom is 0.144 e. The van der Waals surface area contributed by atoms with Crippen molar-refractivity contribution in [2.75, 3.05) is 7.11 Å². The van der Waals surface area contributed by atoms with Gasteiger partial charge in [0.05, 0.1) is 25.1 Å². The standard InChI is InChI=1S/C13H19NO2/c1-13(2,3)12-11(15-4)7-10(8-14-12)16-9-5-6-9/h7-9H,5-6H2,1-4H3. The molecule has 0 atom stereocenters. The molecule has 1 fully saturated rings. The molecule has 0 spiro atoms. The molecule has 0 radical (unpaired) electrons. The largest absolute Gasteiger partial charge is 0.495 e. The van der Waals surface area contributed by atoms with E-state index < -0.39 is 0 Å². The molecule has 1 aliphatic rings. The molecule has 0 bridgehead atoms. The summed E-state index contributed by atoms with van der Waals surface area (Å²) in [6.07, 6.45) is 4.50. The van der Waals surface area contributed by atoms with Gasteiger partial charge in [0.1, 0.15) is 11.5 Å². The minimum atomic E-state index is -0.0105. The Kier molecular flexibility index (Phi) is 2.78. The first kappa shape index (κ1) is 11.2. The first-order valence-corrected chi connectivity index (χ1v) is 5.72. The summed E-state index contributed by atoms with van der Waals surface area (Å²) in [5.41, 5.74) is 0.960. The lowest BCUT2D eigenvalue weighted by Crippen LogP contribution is -2.15. The Morgan fingerprint density at radius 2 is 2.00 bits per heavy atom. The molecule has 0 aliphatic heterocycles. The van der Waals surface area contributed by atoms with Crippen molar-refractivity contribution in [3.05, 3.63) is 18.0 Å². The highest BCUT2D eigenvalue weighted by molar-refractivity contribution is 5.38. The van der Waals surface area contributed by atoms with Crippen LogP contribution in [-0.4, -0.2) is 18.2 Å². The van der Waals surface area contributed by atoms with Crippen molar-refractivity contribution in [2.24, 2.45) is 0 Å². The molecule has 0 aromatic carbocycles. The summed E-state index contributed by atoms with van der Waals surface area (Å²) >= 11 is 0. The topological polar surface area (TPSA) is 31.4 Å². The van der Waals surface area contributed by atoms with E-state index in [1.54, 1.807) is 13.3 Å². The zero-order chi connectivity index (χ0) is 11.8. The van der Waals surface area contributed by atoms with Gasteiger partial charge in [-0.15, -0.1) is 0 Å². The van der Waals surface area contributed by atoms with Crippen LogP contribution >= 0.6 is 0 Å². The molecule has 3 heteroatoms. The lowest BCUT2D eigenvalue weighted by molar-refractivity contribution is 0.297. The van der Waals surface area contributed by atoms with Gasteiger partial charge >= 0.3 is 0 Å². The second-order valence-corrected chi connectivity index (χ2v) is 5.29. The van der Waals surface area contributed by atoms with Gasteiger partial charge in [0.2, 0.25) is 0 Å². The zero-order valence-electron chi connectivity index (χ0n) is 10.4. The number of rotatable bonds is 3. The van der Waals surface area contributed by atoms with Crippen LogP contribution in [0.5, 0.6) is 11.5 Å². The quantitative estimate of drug-likeness (QED) is 0.786. The Hall–Kier alpha value is -1.25. The van der Waals surface area contributed by atoms with Gasteiger partial charge in [0.25, 0.3) is 0 Å². The number of hydrogen-bond donors (Lipinski definition) is 0. The van der Waals surface area contributed by atoms with E-state index >= 15 is 0 Å². The van der Waals surface area contributed by atoms with Gasteiger partial charge in [-0.2, -0.15) is 0 Å². The number of aromatic nitrogens is 1. The molecule has 0 amide bonds. The van der Waals surface area contributed by atoms with E-state index in [-0.39, 0.29) is 5.41 Å². The molecule has 1 heterocycles. The molecule has 3 nitrogen and oxygen atoms in total. The third-order valence-corrected chi connectivity index (χ3v) is 2.59. The second kappa shape index (κ2) is 3.96. The average Bonchev–Trinajstić information content (AvgIpc) is 3.00. The molecule has 1 aliphatic carbocycles. The van der Waals surface area contributed by atoms with Crippen molar-refractivity contribution in [3.63, 3.8) is 0 Å². The van der Waals surface area contributed by atoms with Gasteiger partial charge in [-0.1, -0.05) is 20.8 Å². The molecular weight excluding hydrogens is 202 g/mol. The van der Waals surface area contributed by atoms with Crippen molar-refractivity contribution < 1.29 is 9.47 Å². The summed E-state index contributed by atoms with van der Waals surface area (Å²) in [6, 6.07) is 1.94. The second-order valence-electron chi connectivity index (χ2n) is 5.29. The Morgan fingerprint density at radius 1 is 1.31 bits per heavy atom. The lowest BCUT2D eigenvalue weighted by atomic mass is 9.91. The van der Waals surface area contributed by atoms with E-state index in [0.717, 1.165) is 30.0 Å². The van der Waals surface area contributed by atoms with Crippen molar-refractivity contribution in [2.45, 2.75) is 45.1 Å². The molecule has 2 rings (SSSR count). The summed E-state index contributed by atoms with van der Waals surface area (Å²) in [4.78, 5) is 4.45. The van der Waals surface area contributed by atoms with Gasteiger partial charge in [-0.25, -0.2) is 0 Å². The van der Waals surface area contributed by atoms with E-state index in [1.807, 2.05) is 6.07 Å². The number of pyridine rings is 1. The van der Waals surface area contributed by atoms with Gasteiger partial charge in [-0.05, 0) is 12.8 Å². The lowest BCUT2D eigenvalue weighted by Gasteiger charge is -2.21. The minimum absolute atomic E-state index is 0.0105. The van der Waals surface area contributed by atoms with Crippen molar-refractivity contribution in [1.29, 1.82) is 0 Å². The summed E-state index contributed by atoms with van der Waals surface area (Å²) < 4.78 is 11.1. The number of hydrogen-bond acceptors (Lipinski definition) is 3. The van der Waals surface area contributed by atoms with E-state index in [4.69, 9.17) is 9.47 Å². The van der Waals surface area contributed by atoms with Crippen LogP contribution in [-0.2, 0) is 5.41 Å². The van der Waals surface area contributed by atoms with Gasteiger partial charge in [0, 0.05) is 11.5 Å². The molecule has 0 unspecified atom stereocenters. The van der Waals surface area contributed by atoms with E-state index in [1.165, 1.54) is 0 Å². The molecule has 16 heavy (non-hydrogen) atoms. The van der Waals surface area contributed by atoms with Gasteiger partial charge < -0.3 is 9.47 Å². The highest BCUT2D eigenvalue weighted by Crippen LogP contribution is 2.34. The summed E-state index contributed by atoms with van der Waals surface area (Å²) in [7, 11) is 1.67. The third kappa shape index (κ3) is 2.46. The predicted molar refractivity (Wildman–Crippen MR) is 63.1 cm³/mol. The fraction of sp³-hybridized carbons (Fsp3) is 0.615. The van der Waals surface area contributed by atoms with Crippen molar-refractivity contribution in [3.8, 4) is 11.5 Å². The van der Waals surface area contributed by atoms with Crippen LogP contribution in [0.2, 0.25) is 0 Å². The van der Waals surface area contributed by atoms with E-state index in [0.29, 0.717) is 6.10 Å².